The van der Waals surface area contributed by atoms with Gasteiger partial charge in [-0.25, -0.2) is 4.79 Å². The third kappa shape index (κ3) is 3.49. The molecule has 0 aliphatic carbocycles. The van der Waals surface area contributed by atoms with Crippen molar-refractivity contribution in [2.24, 2.45) is 5.92 Å². The molecule has 0 aliphatic rings. The molecular formula is C11H13Br2NO2. The van der Waals surface area contributed by atoms with Gasteiger partial charge in [0.15, 0.2) is 0 Å². The van der Waals surface area contributed by atoms with Gasteiger partial charge in [-0.15, -0.1) is 0 Å². The third-order valence-electron chi connectivity index (χ3n) is 2.17. The molecule has 0 spiro atoms. The first kappa shape index (κ1) is 13.5. The maximum Gasteiger partial charge on any atom is 0.326 e. The number of hydrogen-bond acceptors (Lipinski definition) is 2. The van der Waals surface area contributed by atoms with Crippen molar-refractivity contribution in [1.29, 1.82) is 0 Å². The molecule has 16 heavy (non-hydrogen) atoms. The van der Waals surface area contributed by atoms with E-state index in [4.69, 9.17) is 5.11 Å². The molecule has 0 radical (unpaired) electrons. The Kier molecular flexibility index (Phi) is 4.80. The lowest BCUT2D eigenvalue weighted by Crippen LogP contribution is -2.34. The fourth-order valence-corrected chi connectivity index (χ4v) is 1.90. The zero-order valence-corrected chi connectivity index (χ0v) is 12.2. The van der Waals surface area contributed by atoms with Crippen molar-refractivity contribution in [3.8, 4) is 0 Å². The Hall–Kier alpha value is -0.550. The van der Waals surface area contributed by atoms with Gasteiger partial charge in [-0.3, -0.25) is 0 Å². The standard InChI is InChI=1S/C11H13Br2NO2/c1-6(2)10(11(15)16)14-7-3-4-8(12)9(13)5-7/h3-6,10,14H,1-2H3,(H,15,16). The van der Waals surface area contributed by atoms with Crippen LogP contribution in [0.4, 0.5) is 5.69 Å². The van der Waals surface area contributed by atoms with Crippen LogP contribution in [0, 0.1) is 5.92 Å². The zero-order valence-electron chi connectivity index (χ0n) is 9.00. The predicted molar refractivity (Wildman–Crippen MR) is 71.7 cm³/mol. The fourth-order valence-electron chi connectivity index (χ4n) is 1.28. The topological polar surface area (TPSA) is 49.3 Å². The number of carboxylic acid groups (broad SMARTS) is 1. The van der Waals surface area contributed by atoms with Gasteiger partial charge in [0.2, 0.25) is 0 Å². The Morgan fingerprint density at radius 1 is 1.31 bits per heavy atom. The summed E-state index contributed by atoms with van der Waals surface area (Å²) in [5.74, 6) is -0.811. The first-order valence-electron chi connectivity index (χ1n) is 4.86. The minimum Gasteiger partial charge on any atom is -0.480 e. The molecule has 0 saturated carbocycles. The maximum absolute atomic E-state index is 11.0. The highest BCUT2D eigenvalue weighted by atomic mass is 79.9. The molecule has 0 fully saturated rings. The Bertz CT molecular complexity index is 394. The first-order valence-corrected chi connectivity index (χ1v) is 6.45. The number of benzene rings is 1. The van der Waals surface area contributed by atoms with Gasteiger partial charge in [0.05, 0.1) is 0 Å². The van der Waals surface area contributed by atoms with E-state index in [1.807, 2.05) is 32.0 Å². The van der Waals surface area contributed by atoms with Crippen molar-refractivity contribution in [3.63, 3.8) is 0 Å². The second-order valence-electron chi connectivity index (χ2n) is 3.83. The van der Waals surface area contributed by atoms with Crippen LogP contribution in [0.15, 0.2) is 27.1 Å². The second-order valence-corrected chi connectivity index (χ2v) is 5.54. The second kappa shape index (κ2) is 5.68. The van der Waals surface area contributed by atoms with E-state index >= 15 is 0 Å². The van der Waals surface area contributed by atoms with Crippen molar-refractivity contribution in [2.75, 3.05) is 5.32 Å². The Morgan fingerprint density at radius 2 is 1.94 bits per heavy atom. The summed E-state index contributed by atoms with van der Waals surface area (Å²) in [5, 5.41) is 12.0. The van der Waals surface area contributed by atoms with Crippen LogP contribution in [0.25, 0.3) is 0 Å². The van der Waals surface area contributed by atoms with Gasteiger partial charge < -0.3 is 10.4 Å². The number of anilines is 1. The minimum absolute atomic E-state index is 0.0277. The van der Waals surface area contributed by atoms with Crippen molar-refractivity contribution in [2.45, 2.75) is 19.9 Å². The van der Waals surface area contributed by atoms with Crippen molar-refractivity contribution < 1.29 is 9.90 Å². The lowest BCUT2D eigenvalue weighted by atomic mass is 10.0. The van der Waals surface area contributed by atoms with Crippen LogP contribution < -0.4 is 5.32 Å². The molecule has 0 saturated heterocycles. The quantitative estimate of drug-likeness (QED) is 0.869. The average molecular weight is 351 g/mol. The number of hydrogen-bond donors (Lipinski definition) is 2. The van der Waals surface area contributed by atoms with Crippen molar-refractivity contribution >= 4 is 43.5 Å². The predicted octanol–water partition coefficient (Wildman–Crippen LogP) is 3.73. The van der Waals surface area contributed by atoms with Crippen molar-refractivity contribution in [3.05, 3.63) is 27.1 Å². The largest absolute Gasteiger partial charge is 0.480 e. The molecule has 0 bridgehead atoms. The molecule has 88 valence electrons. The molecule has 0 heterocycles. The number of rotatable bonds is 4. The van der Waals surface area contributed by atoms with Gasteiger partial charge >= 0.3 is 5.97 Å². The van der Waals surface area contributed by atoms with E-state index in [2.05, 4.69) is 37.2 Å². The van der Waals surface area contributed by atoms with E-state index < -0.39 is 12.0 Å². The van der Waals surface area contributed by atoms with Gasteiger partial charge in [-0.2, -0.15) is 0 Å². The van der Waals surface area contributed by atoms with Gasteiger partial charge in [-0.1, -0.05) is 13.8 Å². The molecule has 1 rings (SSSR count). The van der Waals surface area contributed by atoms with E-state index in [9.17, 15) is 4.79 Å². The van der Waals surface area contributed by atoms with Gasteiger partial charge in [0, 0.05) is 14.6 Å². The van der Waals surface area contributed by atoms with Gasteiger partial charge in [-0.05, 0) is 56.0 Å². The van der Waals surface area contributed by atoms with Crippen LogP contribution >= 0.6 is 31.9 Å². The summed E-state index contributed by atoms with van der Waals surface area (Å²) in [6.07, 6.45) is 0. The first-order chi connectivity index (χ1) is 7.41. The molecule has 1 aromatic rings. The molecule has 2 N–H and O–H groups in total. The van der Waals surface area contributed by atoms with E-state index in [1.54, 1.807) is 0 Å². The number of nitrogens with one attached hydrogen (secondary N) is 1. The maximum atomic E-state index is 11.0. The number of aliphatic carboxylic acids is 1. The summed E-state index contributed by atoms with van der Waals surface area (Å²) in [6, 6.07) is 4.98. The molecule has 1 unspecified atom stereocenters. The number of carbonyl (C=O) groups is 1. The minimum atomic E-state index is -0.839. The molecular weight excluding hydrogens is 338 g/mol. The van der Waals surface area contributed by atoms with Crippen LogP contribution in [-0.4, -0.2) is 17.1 Å². The fraction of sp³-hybridized carbons (Fsp3) is 0.364. The van der Waals surface area contributed by atoms with E-state index in [0.29, 0.717) is 0 Å². The smallest absolute Gasteiger partial charge is 0.326 e. The van der Waals surface area contributed by atoms with Gasteiger partial charge in [0.1, 0.15) is 6.04 Å². The van der Waals surface area contributed by atoms with Crippen LogP contribution in [0.5, 0.6) is 0 Å². The summed E-state index contributed by atoms with van der Waals surface area (Å²) in [6.45, 7) is 3.75. The van der Waals surface area contributed by atoms with Crippen LogP contribution in [-0.2, 0) is 4.79 Å². The summed E-state index contributed by atoms with van der Waals surface area (Å²) < 4.78 is 1.83. The Labute approximate surface area is 111 Å². The van der Waals surface area contributed by atoms with Crippen molar-refractivity contribution in [1.82, 2.24) is 0 Å². The molecule has 5 heteroatoms. The zero-order chi connectivity index (χ0) is 12.3. The molecule has 3 nitrogen and oxygen atoms in total. The lowest BCUT2D eigenvalue weighted by Gasteiger charge is -2.19. The Morgan fingerprint density at radius 3 is 2.38 bits per heavy atom. The monoisotopic (exact) mass is 349 g/mol. The molecule has 0 aliphatic heterocycles. The highest BCUT2D eigenvalue weighted by Crippen LogP contribution is 2.26. The van der Waals surface area contributed by atoms with Crippen LogP contribution in [0.1, 0.15) is 13.8 Å². The van der Waals surface area contributed by atoms with E-state index in [-0.39, 0.29) is 5.92 Å². The molecule has 0 amide bonds. The highest BCUT2D eigenvalue weighted by molar-refractivity contribution is 9.13. The highest BCUT2D eigenvalue weighted by Gasteiger charge is 2.20. The summed E-state index contributed by atoms with van der Waals surface area (Å²) in [4.78, 5) is 11.0. The van der Waals surface area contributed by atoms with Crippen LogP contribution in [0.2, 0.25) is 0 Å². The lowest BCUT2D eigenvalue weighted by molar-refractivity contribution is -0.138. The number of carboxylic acids is 1. The number of halogens is 2. The van der Waals surface area contributed by atoms with E-state index in [0.717, 1.165) is 14.6 Å². The normalized spacial score (nSPS) is 12.6. The summed E-state index contributed by atoms with van der Waals surface area (Å²) in [7, 11) is 0. The molecule has 0 aromatic heterocycles. The summed E-state index contributed by atoms with van der Waals surface area (Å²) in [5.41, 5.74) is 0.788. The SMILES string of the molecule is CC(C)C(Nc1ccc(Br)c(Br)c1)C(=O)O. The van der Waals surface area contributed by atoms with Gasteiger partial charge in [0.25, 0.3) is 0 Å². The van der Waals surface area contributed by atoms with E-state index in [1.165, 1.54) is 0 Å². The average Bonchev–Trinajstić information content (AvgIpc) is 2.18. The Balaban J connectivity index is 2.86. The van der Waals surface area contributed by atoms with Crippen LogP contribution in [0.3, 0.4) is 0 Å². The third-order valence-corrected chi connectivity index (χ3v) is 4.05. The summed E-state index contributed by atoms with van der Waals surface area (Å²) >= 11 is 6.74. The molecule has 1 atom stereocenters. The molecule has 1 aromatic carbocycles.